The highest BCUT2D eigenvalue weighted by molar-refractivity contribution is 5.98. The van der Waals surface area contributed by atoms with Crippen LogP contribution in [0.2, 0.25) is 0 Å². The minimum Gasteiger partial charge on any atom is -0.483 e. The van der Waals surface area contributed by atoms with Gasteiger partial charge in [-0.15, -0.1) is 0 Å². The average molecular weight is 509 g/mol. The predicted molar refractivity (Wildman–Crippen MR) is 147 cm³/mol. The van der Waals surface area contributed by atoms with Gasteiger partial charge in [-0.2, -0.15) is 0 Å². The predicted octanol–water partition coefficient (Wildman–Crippen LogP) is 4.31. The second-order valence-corrected chi connectivity index (χ2v) is 9.93. The summed E-state index contributed by atoms with van der Waals surface area (Å²) in [6.45, 7) is 3.84. The molecule has 0 amide bonds. The standard InChI is InChI=1S/C28H28N8O2/c1-16-10-17(4-7-23(16)37-18-5-6-21-19(11-18)33-15-35(21)2)34-27-25-20(31-14-32-27)12-30-28-26(25)38-24-8-9-29-13-22(24)36(28)3/h4-7,10-12,14-15,22,24,29H,8-9,13H2,1-3H3,(H,31,32,34). The van der Waals surface area contributed by atoms with Crippen LogP contribution in [-0.2, 0) is 7.05 Å². The number of aromatic nitrogens is 5. The number of rotatable bonds is 4. The number of imidazole rings is 1. The lowest BCUT2D eigenvalue weighted by Gasteiger charge is -2.43. The smallest absolute Gasteiger partial charge is 0.175 e. The van der Waals surface area contributed by atoms with Crippen LogP contribution in [0, 0.1) is 6.92 Å². The molecule has 10 nitrogen and oxygen atoms in total. The third kappa shape index (κ3) is 3.76. The van der Waals surface area contributed by atoms with E-state index in [9.17, 15) is 0 Å². The maximum Gasteiger partial charge on any atom is 0.175 e. The molecular weight excluding hydrogens is 480 g/mol. The number of likely N-dealkylation sites (N-methyl/N-ethyl adjacent to an activating group) is 1. The molecule has 2 aromatic carbocycles. The molecule has 2 aliphatic rings. The number of fused-ring (bicyclic) bond motifs is 5. The van der Waals surface area contributed by atoms with Crippen LogP contribution in [0.3, 0.4) is 0 Å². The van der Waals surface area contributed by atoms with E-state index in [1.807, 2.05) is 54.9 Å². The minimum absolute atomic E-state index is 0.0955. The van der Waals surface area contributed by atoms with E-state index in [1.165, 1.54) is 0 Å². The highest BCUT2D eigenvalue weighted by atomic mass is 16.5. The van der Waals surface area contributed by atoms with Crippen molar-refractivity contribution >= 4 is 39.3 Å². The summed E-state index contributed by atoms with van der Waals surface area (Å²) >= 11 is 0. The number of anilines is 3. The fraction of sp³-hybridized carbons (Fsp3) is 0.286. The van der Waals surface area contributed by atoms with E-state index in [0.29, 0.717) is 5.82 Å². The number of nitrogens with one attached hydrogen (secondary N) is 2. The van der Waals surface area contributed by atoms with Crippen molar-refractivity contribution in [1.29, 1.82) is 0 Å². The van der Waals surface area contributed by atoms with Gasteiger partial charge in [0, 0.05) is 32.4 Å². The SMILES string of the molecule is Cc1cc(Nc2ncnc3cnc4c(c23)OC2CCNCC2N4C)ccc1Oc1ccc2c(c1)ncn2C. The first-order valence-corrected chi connectivity index (χ1v) is 12.8. The fourth-order valence-electron chi connectivity index (χ4n) is 5.41. The van der Waals surface area contributed by atoms with Crippen LogP contribution in [0.4, 0.5) is 17.3 Å². The molecule has 38 heavy (non-hydrogen) atoms. The van der Waals surface area contributed by atoms with Gasteiger partial charge in [-0.1, -0.05) is 0 Å². The number of ether oxygens (including phenoxy) is 2. The van der Waals surface area contributed by atoms with E-state index in [4.69, 9.17) is 9.47 Å². The summed E-state index contributed by atoms with van der Waals surface area (Å²) < 4.78 is 14.7. The fourth-order valence-corrected chi connectivity index (χ4v) is 5.41. The van der Waals surface area contributed by atoms with Crippen LogP contribution in [0.15, 0.2) is 55.2 Å². The van der Waals surface area contributed by atoms with Crippen molar-refractivity contribution in [2.45, 2.75) is 25.5 Å². The van der Waals surface area contributed by atoms with Gasteiger partial charge in [0.05, 0.1) is 40.5 Å². The van der Waals surface area contributed by atoms with E-state index in [-0.39, 0.29) is 12.1 Å². The van der Waals surface area contributed by atoms with Crippen molar-refractivity contribution in [3.63, 3.8) is 0 Å². The lowest BCUT2D eigenvalue weighted by atomic mass is 10.00. The van der Waals surface area contributed by atoms with Crippen molar-refractivity contribution in [3.8, 4) is 17.2 Å². The summed E-state index contributed by atoms with van der Waals surface area (Å²) in [5, 5.41) is 7.78. The molecule has 2 aliphatic heterocycles. The largest absolute Gasteiger partial charge is 0.483 e. The van der Waals surface area contributed by atoms with E-state index >= 15 is 0 Å². The molecule has 1 saturated heterocycles. The third-order valence-electron chi connectivity index (χ3n) is 7.47. The molecule has 3 aromatic heterocycles. The van der Waals surface area contributed by atoms with Crippen molar-refractivity contribution in [2.24, 2.45) is 7.05 Å². The molecule has 10 heteroatoms. The Bertz CT molecular complexity index is 1680. The van der Waals surface area contributed by atoms with Gasteiger partial charge in [-0.3, -0.25) is 0 Å². The van der Waals surface area contributed by atoms with Crippen LogP contribution in [0.5, 0.6) is 17.2 Å². The third-order valence-corrected chi connectivity index (χ3v) is 7.47. The number of aryl methyl sites for hydroxylation is 2. The zero-order chi connectivity index (χ0) is 25.8. The number of nitrogens with zero attached hydrogens (tertiary/aromatic N) is 6. The maximum atomic E-state index is 6.55. The van der Waals surface area contributed by atoms with Crippen LogP contribution in [0.1, 0.15) is 12.0 Å². The molecule has 0 aliphatic carbocycles. The summed E-state index contributed by atoms with van der Waals surface area (Å²) in [6, 6.07) is 12.2. The summed E-state index contributed by atoms with van der Waals surface area (Å²) in [5.41, 5.74) is 4.59. The Balaban J connectivity index is 1.20. The Morgan fingerprint density at radius 3 is 2.87 bits per heavy atom. The van der Waals surface area contributed by atoms with E-state index in [1.54, 1.807) is 18.9 Å². The highest BCUT2D eigenvalue weighted by Gasteiger charge is 2.38. The summed E-state index contributed by atoms with van der Waals surface area (Å²) in [7, 11) is 4.06. The Hall–Kier alpha value is -4.44. The molecule has 0 bridgehead atoms. The van der Waals surface area contributed by atoms with Gasteiger partial charge in [-0.05, 0) is 55.8 Å². The Morgan fingerprint density at radius 2 is 1.97 bits per heavy atom. The van der Waals surface area contributed by atoms with Crippen LogP contribution in [0.25, 0.3) is 21.9 Å². The molecule has 5 heterocycles. The average Bonchev–Trinajstić information content (AvgIpc) is 3.30. The molecule has 0 saturated carbocycles. The Morgan fingerprint density at radius 1 is 1.05 bits per heavy atom. The second-order valence-electron chi connectivity index (χ2n) is 9.93. The van der Waals surface area contributed by atoms with Crippen LogP contribution < -0.4 is 25.0 Å². The van der Waals surface area contributed by atoms with Gasteiger partial charge < -0.3 is 29.6 Å². The summed E-state index contributed by atoms with van der Waals surface area (Å²) in [5.74, 6) is 3.76. The number of hydrogen-bond acceptors (Lipinski definition) is 9. The zero-order valence-corrected chi connectivity index (χ0v) is 21.5. The first-order valence-electron chi connectivity index (χ1n) is 12.8. The van der Waals surface area contributed by atoms with Crippen LogP contribution >= 0.6 is 0 Å². The highest BCUT2D eigenvalue weighted by Crippen LogP contribution is 2.43. The molecule has 2 N–H and O–H groups in total. The first-order chi connectivity index (χ1) is 18.5. The Kier molecular flexibility index (Phi) is 5.29. The quantitative estimate of drug-likeness (QED) is 0.368. The first kappa shape index (κ1) is 22.7. The maximum absolute atomic E-state index is 6.55. The van der Waals surface area contributed by atoms with Crippen molar-refractivity contribution in [3.05, 3.63) is 60.8 Å². The molecule has 0 radical (unpaired) electrons. The summed E-state index contributed by atoms with van der Waals surface area (Å²) in [6.07, 6.45) is 6.18. The van der Waals surface area contributed by atoms with E-state index in [0.717, 1.165) is 75.8 Å². The van der Waals surface area contributed by atoms with Gasteiger partial charge in [0.1, 0.15) is 29.7 Å². The molecule has 0 spiro atoms. The lowest BCUT2D eigenvalue weighted by Crippen LogP contribution is -2.57. The van der Waals surface area contributed by atoms with Gasteiger partial charge in [0.15, 0.2) is 11.6 Å². The molecule has 1 fully saturated rings. The summed E-state index contributed by atoms with van der Waals surface area (Å²) in [4.78, 5) is 20.4. The van der Waals surface area contributed by atoms with Gasteiger partial charge >= 0.3 is 0 Å². The van der Waals surface area contributed by atoms with Gasteiger partial charge in [-0.25, -0.2) is 19.9 Å². The number of hydrogen-bond donors (Lipinski definition) is 2. The molecular formula is C28H28N8O2. The van der Waals surface area contributed by atoms with Gasteiger partial charge in [0.25, 0.3) is 0 Å². The monoisotopic (exact) mass is 508 g/mol. The Labute approximate surface area is 219 Å². The molecule has 5 aromatic rings. The second kappa shape index (κ2) is 8.84. The van der Waals surface area contributed by atoms with Crippen molar-refractivity contribution in [2.75, 3.05) is 30.4 Å². The zero-order valence-electron chi connectivity index (χ0n) is 21.5. The van der Waals surface area contributed by atoms with E-state index < -0.39 is 0 Å². The normalized spacial score (nSPS) is 18.7. The molecule has 2 unspecified atom stereocenters. The topological polar surface area (TPSA) is 102 Å². The van der Waals surface area contributed by atoms with Crippen LogP contribution in [-0.4, -0.2) is 56.8 Å². The van der Waals surface area contributed by atoms with Crippen molar-refractivity contribution in [1.82, 2.24) is 29.8 Å². The number of benzene rings is 2. The van der Waals surface area contributed by atoms with E-state index in [2.05, 4.69) is 42.5 Å². The molecule has 7 rings (SSSR count). The van der Waals surface area contributed by atoms with Gasteiger partial charge in [0.2, 0.25) is 0 Å². The lowest BCUT2D eigenvalue weighted by molar-refractivity contribution is 0.126. The molecule has 2 atom stereocenters. The van der Waals surface area contributed by atoms with Crippen molar-refractivity contribution < 1.29 is 9.47 Å². The molecule has 192 valence electrons. The minimum atomic E-state index is 0.0955. The number of piperidine rings is 1. The number of pyridine rings is 1.